The molecule has 3 heteroatoms. The Labute approximate surface area is 104 Å². The molecule has 98 valence electrons. The van der Waals surface area contributed by atoms with Crippen LogP contribution < -0.4 is 5.32 Å². The lowest BCUT2D eigenvalue weighted by atomic mass is 9.86. The molecule has 1 N–H and O–H groups in total. The summed E-state index contributed by atoms with van der Waals surface area (Å²) in [5.41, 5.74) is 0.381. The molecule has 1 saturated carbocycles. The summed E-state index contributed by atoms with van der Waals surface area (Å²) in [6.07, 6.45) is 6.36. The van der Waals surface area contributed by atoms with Crippen molar-refractivity contribution in [2.24, 2.45) is 11.3 Å². The quantitative estimate of drug-likeness (QED) is 0.761. The van der Waals surface area contributed by atoms with Crippen LogP contribution in [0.5, 0.6) is 0 Å². The van der Waals surface area contributed by atoms with Gasteiger partial charge in [0.2, 0.25) is 0 Å². The van der Waals surface area contributed by atoms with Gasteiger partial charge in [0.25, 0.3) is 0 Å². The zero-order chi connectivity index (χ0) is 11.9. The third-order valence-corrected chi connectivity index (χ3v) is 4.74. The number of hydrogen-bond donors (Lipinski definition) is 1. The van der Waals surface area contributed by atoms with E-state index >= 15 is 0 Å². The summed E-state index contributed by atoms with van der Waals surface area (Å²) >= 11 is 0. The van der Waals surface area contributed by atoms with Crippen molar-refractivity contribution < 1.29 is 9.47 Å². The van der Waals surface area contributed by atoms with E-state index in [4.69, 9.17) is 9.47 Å². The van der Waals surface area contributed by atoms with Crippen LogP contribution in [0.3, 0.4) is 0 Å². The maximum absolute atomic E-state index is 6.54. The van der Waals surface area contributed by atoms with E-state index in [2.05, 4.69) is 19.2 Å². The van der Waals surface area contributed by atoms with Gasteiger partial charge in [-0.2, -0.15) is 0 Å². The van der Waals surface area contributed by atoms with Gasteiger partial charge in [-0.1, -0.05) is 13.8 Å². The second-order valence-electron chi connectivity index (χ2n) is 6.46. The molecule has 2 heterocycles. The first-order valence-corrected chi connectivity index (χ1v) is 7.17. The predicted octanol–water partition coefficient (Wildman–Crippen LogP) is 2.31. The minimum atomic E-state index is -0.0841. The van der Waals surface area contributed by atoms with Crippen LogP contribution in [0.15, 0.2) is 0 Å². The molecule has 0 bridgehead atoms. The molecule has 0 aromatic heterocycles. The monoisotopic (exact) mass is 239 g/mol. The predicted molar refractivity (Wildman–Crippen MR) is 66.8 cm³/mol. The number of rotatable bonds is 1. The molecule has 2 atom stereocenters. The number of hydrogen-bond acceptors (Lipinski definition) is 3. The molecule has 3 aliphatic rings. The van der Waals surface area contributed by atoms with Crippen molar-refractivity contribution in [2.45, 2.75) is 57.8 Å². The largest absolute Gasteiger partial charge is 0.381 e. The Hall–Kier alpha value is -0.120. The van der Waals surface area contributed by atoms with E-state index in [-0.39, 0.29) is 5.72 Å². The molecular weight excluding hydrogens is 214 g/mol. The van der Waals surface area contributed by atoms with Crippen LogP contribution in [0.1, 0.15) is 46.0 Å². The summed E-state index contributed by atoms with van der Waals surface area (Å²) in [6.45, 7) is 7.48. The van der Waals surface area contributed by atoms with Gasteiger partial charge < -0.3 is 9.47 Å². The smallest absolute Gasteiger partial charge is 0.121 e. The molecule has 1 aliphatic carbocycles. The Bertz CT molecular complexity index is 278. The Balaban J connectivity index is 1.75. The lowest BCUT2D eigenvalue weighted by Gasteiger charge is -2.47. The van der Waals surface area contributed by atoms with Crippen molar-refractivity contribution in [2.75, 3.05) is 19.8 Å². The maximum Gasteiger partial charge on any atom is 0.121 e. The molecule has 3 rings (SSSR count). The van der Waals surface area contributed by atoms with E-state index in [1.165, 1.54) is 12.8 Å². The lowest BCUT2D eigenvalue weighted by molar-refractivity contribution is -0.193. The molecule has 17 heavy (non-hydrogen) atoms. The van der Waals surface area contributed by atoms with Crippen molar-refractivity contribution in [1.29, 1.82) is 0 Å². The summed E-state index contributed by atoms with van der Waals surface area (Å²) in [6, 6.07) is 0. The Morgan fingerprint density at radius 3 is 2.65 bits per heavy atom. The third kappa shape index (κ3) is 2.13. The summed E-state index contributed by atoms with van der Waals surface area (Å²) in [4.78, 5) is 0. The summed E-state index contributed by atoms with van der Waals surface area (Å²) < 4.78 is 12.1. The fraction of sp³-hybridized carbons (Fsp3) is 1.00. The average Bonchev–Trinajstić information content (AvgIpc) is 3.08. The van der Waals surface area contributed by atoms with Gasteiger partial charge in [0, 0.05) is 25.0 Å². The highest BCUT2D eigenvalue weighted by Crippen LogP contribution is 2.55. The molecule has 2 unspecified atom stereocenters. The summed E-state index contributed by atoms with van der Waals surface area (Å²) in [5.74, 6) is 0.626. The lowest BCUT2D eigenvalue weighted by Crippen LogP contribution is -2.60. The van der Waals surface area contributed by atoms with Gasteiger partial charge in [0.05, 0.1) is 12.7 Å². The van der Waals surface area contributed by atoms with Crippen molar-refractivity contribution in [3.8, 4) is 0 Å². The first kappa shape index (κ1) is 11.9. The molecular formula is C14H25NO2. The first-order valence-electron chi connectivity index (χ1n) is 7.17. The van der Waals surface area contributed by atoms with Gasteiger partial charge in [-0.15, -0.1) is 0 Å². The van der Waals surface area contributed by atoms with E-state index in [0.717, 1.165) is 39.0 Å². The van der Waals surface area contributed by atoms with E-state index in [1.807, 2.05) is 0 Å². The summed E-state index contributed by atoms with van der Waals surface area (Å²) in [7, 11) is 0. The zero-order valence-electron chi connectivity index (χ0n) is 11.1. The highest BCUT2D eigenvalue weighted by atomic mass is 16.5. The second-order valence-corrected chi connectivity index (χ2v) is 6.46. The van der Waals surface area contributed by atoms with Gasteiger partial charge in [0.15, 0.2) is 0 Å². The molecule has 0 aromatic carbocycles. The van der Waals surface area contributed by atoms with Crippen LogP contribution in [0.2, 0.25) is 0 Å². The van der Waals surface area contributed by atoms with Crippen LogP contribution in [-0.4, -0.2) is 31.6 Å². The normalized spacial score (nSPS) is 40.8. The van der Waals surface area contributed by atoms with Gasteiger partial charge >= 0.3 is 0 Å². The van der Waals surface area contributed by atoms with Crippen molar-refractivity contribution >= 4 is 0 Å². The van der Waals surface area contributed by atoms with Gasteiger partial charge in [0.1, 0.15) is 5.72 Å². The number of nitrogens with one attached hydrogen (secondary N) is 1. The molecule has 3 nitrogen and oxygen atoms in total. The maximum atomic E-state index is 6.54. The molecule has 0 radical (unpaired) electrons. The molecule has 3 fully saturated rings. The van der Waals surface area contributed by atoms with Crippen molar-refractivity contribution in [3.05, 3.63) is 0 Å². The van der Waals surface area contributed by atoms with Crippen molar-refractivity contribution in [3.63, 3.8) is 0 Å². The first-order chi connectivity index (χ1) is 8.16. The minimum absolute atomic E-state index is 0.0841. The van der Waals surface area contributed by atoms with Gasteiger partial charge in [-0.25, -0.2) is 0 Å². The van der Waals surface area contributed by atoms with E-state index in [9.17, 15) is 0 Å². The van der Waals surface area contributed by atoms with Crippen LogP contribution >= 0.6 is 0 Å². The summed E-state index contributed by atoms with van der Waals surface area (Å²) in [5, 5.41) is 3.71. The SMILES string of the molecule is CC(C)C1OC2(CCCOCC2)NCC12CC2. The molecule has 0 amide bonds. The molecule has 0 aromatic rings. The Kier molecular flexibility index (Phi) is 2.96. The van der Waals surface area contributed by atoms with Gasteiger partial charge in [-0.05, 0) is 31.6 Å². The standard InChI is InChI=1S/C14H25NO2/c1-11(2)12-13(5-6-13)10-15-14(17-12)4-3-8-16-9-7-14/h11-12,15H,3-10H2,1-2H3. The number of ether oxygens (including phenoxy) is 2. The van der Waals surface area contributed by atoms with E-state index < -0.39 is 0 Å². The zero-order valence-corrected chi connectivity index (χ0v) is 11.1. The molecule has 2 saturated heterocycles. The van der Waals surface area contributed by atoms with Crippen LogP contribution in [0.4, 0.5) is 0 Å². The fourth-order valence-electron chi connectivity index (χ4n) is 3.53. The van der Waals surface area contributed by atoms with Gasteiger partial charge in [-0.3, -0.25) is 5.32 Å². The van der Waals surface area contributed by atoms with Crippen LogP contribution in [0, 0.1) is 11.3 Å². The fourth-order valence-corrected chi connectivity index (χ4v) is 3.53. The minimum Gasteiger partial charge on any atom is -0.381 e. The molecule has 2 spiro atoms. The van der Waals surface area contributed by atoms with Crippen LogP contribution in [0.25, 0.3) is 0 Å². The third-order valence-electron chi connectivity index (χ3n) is 4.74. The van der Waals surface area contributed by atoms with Crippen molar-refractivity contribution in [1.82, 2.24) is 5.32 Å². The molecule has 2 aliphatic heterocycles. The Morgan fingerprint density at radius 1 is 1.12 bits per heavy atom. The average molecular weight is 239 g/mol. The topological polar surface area (TPSA) is 30.5 Å². The second kappa shape index (κ2) is 4.22. The van der Waals surface area contributed by atoms with E-state index in [0.29, 0.717) is 17.4 Å². The highest BCUT2D eigenvalue weighted by Gasteiger charge is 2.57. The Morgan fingerprint density at radius 2 is 1.94 bits per heavy atom. The highest BCUT2D eigenvalue weighted by molar-refractivity contribution is 5.07. The van der Waals surface area contributed by atoms with E-state index in [1.54, 1.807) is 0 Å². The van der Waals surface area contributed by atoms with Crippen LogP contribution in [-0.2, 0) is 9.47 Å².